The number of hydrogen-bond donors (Lipinski definition) is 2. The van der Waals surface area contributed by atoms with Crippen LogP contribution in [0.1, 0.15) is 60.3 Å². The summed E-state index contributed by atoms with van der Waals surface area (Å²) >= 11 is 0. The molecule has 3 unspecified atom stereocenters. The minimum absolute atomic E-state index is 0.0750. The van der Waals surface area contributed by atoms with Gasteiger partial charge in [0.05, 0.1) is 12.1 Å². The number of amides is 1. The third-order valence-corrected chi connectivity index (χ3v) is 3.36. The molecule has 1 aliphatic rings. The lowest BCUT2D eigenvalue weighted by molar-refractivity contribution is -0.124. The van der Waals surface area contributed by atoms with Gasteiger partial charge in [-0.05, 0) is 47.0 Å². The van der Waals surface area contributed by atoms with Gasteiger partial charge in [0.2, 0.25) is 5.91 Å². The molecular weight excluding hydrogens is 240 g/mol. The van der Waals surface area contributed by atoms with Gasteiger partial charge in [0.15, 0.2) is 0 Å². The van der Waals surface area contributed by atoms with E-state index in [-0.39, 0.29) is 17.5 Å². The summed E-state index contributed by atoms with van der Waals surface area (Å²) in [4.78, 5) is 12.0. The van der Waals surface area contributed by atoms with Crippen molar-refractivity contribution in [3.63, 3.8) is 0 Å². The van der Waals surface area contributed by atoms with Crippen LogP contribution in [-0.4, -0.2) is 36.2 Å². The average molecular weight is 270 g/mol. The van der Waals surface area contributed by atoms with Crippen LogP contribution in [0.25, 0.3) is 0 Å². The number of carbonyl (C=O) groups is 1. The Morgan fingerprint density at radius 1 is 1.42 bits per heavy atom. The fraction of sp³-hybridized carbons (Fsp3) is 0.933. The van der Waals surface area contributed by atoms with Gasteiger partial charge >= 0.3 is 0 Å². The molecule has 1 aliphatic heterocycles. The highest BCUT2D eigenvalue weighted by Gasteiger charge is 2.26. The van der Waals surface area contributed by atoms with Crippen molar-refractivity contribution in [1.29, 1.82) is 0 Å². The smallest absolute Gasteiger partial charge is 0.237 e. The Balaban J connectivity index is 2.39. The Kier molecular flexibility index (Phi) is 6.27. The highest BCUT2D eigenvalue weighted by molar-refractivity contribution is 5.81. The van der Waals surface area contributed by atoms with E-state index in [1.165, 1.54) is 0 Å². The molecule has 4 nitrogen and oxygen atoms in total. The maximum absolute atomic E-state index is 12.0. The van der Waals surface area contributed by atoms with Crippen molar-refractivity contribution >= 4 is 5.91 Å². The van der Waals surface area contributed by atoms with E-state index in [9.17, 15) is 4.79 Å². The van der Waals surface area contributed by atoms with Gasteiger partial charge in [-0.15, -0.1) is 0 Å². The maximum atomic E-state index is 12.0. The van der Waals surface area contributed by atoms with Crippen molar-refractivity contribution in [3.05, 3.63) is 0 Å². The second-order valence-electron chi connectivity index (χ2n) is 6.63. The molecule has 0 bridgehead atoms. The van der Waals surface area contributed by atoms with E-state index < -0.39 is 0 Å². The van der Waals surface area contributed by atoms with Gasteiger partial charge in [0.1, 0.15) is 0 Å². The van der Waals surface area contributed by atoms with Crippen LogP contribution < -0.4 is 10.6 Å². The molecule has 1 rings (SSSR count). The highest BCUT2D eigenvalue weighted by atomic mass is 16.5. The summed E-state index contributed by atoms with van der Waals surface area (Å²) in [5, 5.41) is 6.45. The molecule has 0 aromatic rings. The number of nitrogens with one attached hydrogen (secondary N) is 2. The second kappa shape index (κ2) is 7.25. The molecule has 1 amide bonds. The maximum Gasteiger partial charge on any atom is 0.237 e. The summed E-state index contributed by atoms with van der Waals surface area (Å²) < 4.78 is 5.73. The van der Waals surface area contributed by atoms with Gasteiger partial charge in [-0.2, -0.15) is 0 Å². The normalized spacial score (nSPS) is 25.9. The molecule has 0 aromatic carbocycles. The number of carbonyl (C=O) groups excluding carboxylic acids is 1. The minimum atomic E-state index is -0.173. The van der Waals surface area contributed by atoms with Crippen molar-refractivity contribution in [2.45, 2.75) is 84.0 Å². The van der Waals surface area contributed by atoms with E-state index in [2.05, 4.69) is 17.6 Å². The molecule has 2 N–H and O–H groups in total. The molecule has 1 fully saturated rings. The fourth-order valence-corrected chi connectivity index (χ4v) is 2.46. The Morgan fingerprint density at radius 2 is 2.11 bits per heavy atom. The number of ether oxygens (including phenoxy) is 1. The van der Waals surface area contributed by atoms with Gasteiger partial charge in [-0.1, -0.05) is 13.3 Å². The zero-order valence-electron chi connectivity index (χ0n) is 13.1. The molecule has 19 heavy (non-hydrogen) atoms. The standard InChI is InChI=1S/C15H30N2O2/c1-6-7-13-10-12(8-9-19-13)16-11(2)14(18)17-15(3,4)5/h11-13,16H,6-10H2,1-5H3,(H,17,18). The van der Waals surface area contributed by atoms with Gasteiger partial charge < -0.3 is 15.4 Å². The van der Waals surface area contributed by atoms with E-state index in [0.29, 0.717) is 12.1 Å². The number of hydrogen-bond acceptors (Lipinski definition) is 3. The topological polar surface area (TPSA) is 50.4 Å². The SMILES string of the molecule is CCCC1CC(NC(C)C(=O)NC(C)(C)C)CCO1. The Hall–Kier alpha value is -0.610. The zero-order chi connectivity index (χ0) is 14.5. The van der Waals surface area contributed by atoms with Crippen LogP contribution in [0.2, 0.25) is 0 Å². The molecule has 0 aliphatic carbocycles. The molecule has 4 heteroatoms. The third-order valence-electron chi connectivity index (χ3n) is 3.36. The third kappa shape index (κ3) is 6.39. The molecule has 1 heterocycles. The van der Waals surface area contributed by atoms with Gasteiger partial charge in [0.25, 0.3) is 0 Å². The first-order valence-corrected chi connectivity index (χ1v) is 7.51. The van der Waals surface area contributed by atoms with E-state index in [1.807, 2.05) is 27.7 Å². The van der Waals surface area contributed by atoms with Gasteiger partial charge in [-0.25, -0.2) is 0 Å². The van der Waals surface area contributed by atoms with Gasteiger partial charge in [0, 0.05) is 18.2 Å². The van der Waals surface area contributed by atoms with Crippen molar-refractivity contribution in [1.82, 2.24) is 10.6 Å². The average Bonchev–Trinajstić information content (AvgIpc) is 2.27. The molecule has 0 spiro atoms. The summed E-state index contributed by atoms with van der Waals surface area (Å²) in [6, 6.07) is 0.246. The fourth-order valence-electron chi connectivity index (χ4n) is 2.46. The van der Waals surface area contributed by atoms with E-state index in [4.69, 9.17) is 4.74 Å². The predicted molar refractivity (Wildman–Crippen MR) is 78.2 cm³/mol. The summed E-state index contributed by atoms with van der Waals surface area (Å²) in [5.41, 5.74) is -0.173. The van der Waals surface area contributed by atoms with Crippen molar-refractivity contribution < 1.29 is 9.53 Å². The van der Waals surface area contributed by atoms with E-state index in [1.54, 1.807) is 0 Å². The summed E-state index contributed by atoms with van der Waals surface area (Å²) in [6.07, 6.45) is 4.63. The minimum Gasteiger partial charge on any atom is -0.378 e. The first-order chi connectivity index (χ1) is 8.81. The lowest BCUT2D eigenvalue weighted by Crippen LogP contribution is -2.53. The molecule has 0 saturated carbocycles. The predicted octanol–water partition coefficient (Wildman–Crippen LogP) is 2.23. The first-order valence-electron chi connectivity index (χ1n) is 7.51. The lowest BCUT2D eigenvalue weighted by atomic mass is 9.99. The largest absolute Gasteiger partial charge is 0.378 e. The van der Waals surface area contributed by atoms with Crippen molar-refractivity contribution in [2.24, 2.45) is 0 Å². The van der Waals surface area contributed by atoms with Crippen LogP contribution in [0.15, 0.2) is 0 Å². The lowest BCUT2D eigenvalue weighted by Gasteiger charge is -2.32. The molecule has 1 saturated heterocycles. The first kappa shape index (κ1) is 16.4. The van der Waals surface area contributed by atoms with Crippen molar-refractivity contribution in [2.75, 3.05) is 6.61 Å². The Bertz CT molecular complexity index is 284. The summed E-state index contributed by atoms with van der Waals surface area (Å²) in [6.45, 7) is 10.9. The molecular formula is C15H30N2O2. The van der Waals surface area contributed by atoms with E-state index >= 15 is 0 Å². The highest BCUT2D eigenvalue weighted by Crippen LogP contribution is 2.18. The monoisotopic (exact) mass is 270 g/mol. The summed E-state index contributed by atoms with van der Waals surface area (Å²) in [5.74, 6) is 0.0750. The molecule has 0 aromatic heterocycles. The Morgan fingerprint density at radius 3 is 2.68 bits per heavy atom. The second-order valence-corrected chi connectivity index (χ2v) is 6.63. The molecule has 0 radical (unpaired) electrons. The van der Waals surface area contributed by atoms with Crippen LogP contribution in [0, 0.1) is 0 Å². The summed E-state index contributed by atoms with van der Waals surface area (Å²) in [7, 11) is 0. The zero-order valence-corrected chi connectivity index (χ0v) is 13.1. The van der Waals surface area contributed by atoms with Gasteiger partial charge in [-0.3, -0.25) is 4.79 Å². The molecule has 112 valence electrons. The van der Waals surface area contributed by atoms with Crippen LogP contribution >= 0.6 is 0 Å². The quantitative estimate of drug-likeness (QED) is 0.805. The van der Waals surface area contributed by atoms with Crippen LogP contribution in [0.3, 0.4) is 0 Å². The van der Waals surface area contributed by atoms with Crippen LogP contribution in [0.4, 0.5) is 0 Å². The number of rotatable bonds is 5. The molecule has 3 atom stereocenters. The Labute approximate surface area is 117 Å². The van der Waals surface area contributed by atoms with Crippen molar-refractivity contribution in [3.8, 4) is 0 Å². The van der Waals surface area contributed by atoms with E-state index in [0.717, 1.165) is 32.3 Å². The van der Waals surface area contributed by atoms with Crippen LogP contribution in [0.5, 0.6) is 0 Å². The van der Waals surface area contributed by atoms with Crippen LogP contribution in [-0.2, 0) is 9.53 Å².